The van der Waals surface area contributed by atoms with E-state index in [0.29, 0.717) is 12.5 Å². The van der Waals surface area contributed by atoms with Crippen molar-refractivity contribution < 1.29 is 9.90 Å². The van der Waals surface area contributed by atoms with Crippen molar-refractivity contribution in [3.63, 3.8) is 0 Å². The molecule has 0 saturated carbocycles. The molecule has 2 aliphatic rings. The molecule has 5 heteroatoms. The van der Waals surface area contributed by atoms with E-state index in [4.69, 9.17) is 0 Å². The van der Waals surface area contributed by atoms with Gasteiger partial charge in [-0.05, 0) is 44.2 Å². The van der Waals surface area contributed by atoms with Gasteiger partial charge < -0.3 is 15.3 Å². The number of benzene rings is 1. The van der Waals surface area contributed by atoms with Crippen molar-refractivity contribution in [2.75, 3.05) is 32.7 Å². The normalized spacial score (nSPS) is 28.1. The van der Waals surface area contributed by atoms with Crippen LogP contribution in [-0.4, -0.2) is 59.3 Å². The zero-order valence-corrected chi connectivity index (χ0v) is 14.6. The van der Waals surface area contributed by atoms with Gasteiger partial charge in [0.05, 0.1) is 12.1 Å². The Bertz CT molecular complexity index is 547. The van der Waals surface area contributed by atoms with Crippen LogP contribution in [0.25, 0.3) is 0 Å². The van der Waals surface area contributed by atoms with Gasteiger partial charge in [-0.1, -0.05) is 30.3 Å². The number of β-amino-alcohol motifs (C(OH)–C–C–N with tert-alkyl or cyclic N) is 1. The average molecular weight is 331 g/mol. The van der Waals surface area contributed by atoms with E-state index in [1.54, 1.807) is 4.90 Å². The quantitative estimate of drug-likeness (QED) is 0.888. The van der Waals surface area contributed by atoms with Crippen LogP contribution in [0.5, 0.6) is 0 Å². The van der Waals surface area contributed by atoms with Crippen LogP contribution in [0.15, 0.2) is 30.3 Å². The van der Waals surface area contributed by atoms with Gasteiger partial charge in [-0.25, -0.2) is 4.79 Å². The molecule has 2 unspecified atom stereocenters. The van der Waals surface area contributed by atoms with Crippen LogP contribution in [0.4, 0.5) is 4.79 Å². The third kappa shape index (κ3) is 4.71. The lowest BCUT2D eigenvalue weighted by molar-refractivity contribution is -0.00257. The fourth-order valence-corrected chi connectivity index (χ4v) is 3.80. The first-order valence-electron chi connectivity index (χ1n) is 9.03. The summed E-state index contributed by atoms with van der Waals surface area (Å²) in [5, 5.41) is 13.2. The van der Waals surface area contributed by atoms with Crippen molar-refractivity contribution >= 4 is 6.03 Å². The molecule has 0 bridgehead atoms. The first-order valence-corrected chi connectivity index (χ1v) is 9.03. The van der Waals surface area contributed by atoms with Crippen LogP contribution in [0.2, 0.25) is 0 Å². The van der Waals surface area contributed by atoms with Crippen LogP contribution in [0, 0.1) is 5.92 Å². The minimum atomic E-state index is -0.741. The lowest BCUT2D eigenvalue weighted by Crippen LogP contribution is -2.52. The van der Waals surface area contributed by atoms with Crippen molar-refractivity contribution in [2.24, 2.45) is 5.92 Å². The molecule has 5 nitrogen and oxygen atoms in total. The van der Waals surface area contributed by atoms with Gasteiger partial charge in [0, 0.05) is 26.2 Å². The Morgan fingerprint density at radius 3 is 2.88 bits per heavy atom. The molecule has 2 aliphatic heterocycles. The molecule has 0 aromatic heterocycles. The van der Waals surface area contributed by atoms with Crippen LogP contribution < -0.4 is 5.32 Å². The second-order valence-corrected chi connectivity index (χ2v) is 7.58. The van der Waals surface area contributed by atoms with Crippen molar-refractivity contribution in [2.45, 2.75) is 38.3 Å². The zero-order chi connectivity index (χ0) is 17.0. The number of rotatable bonds is 4. The fourth-order valence-electron chi connectivity index (χ4n) is 3.80. The number of likely N-dealkylation sites (tertiary alicyclic amines) is 2. The van der Waals surface area contributed by atoms with E-state index >= 15 is 0 Å². The summed E-state index contributed by atoms with van der Waals surface area (Å²) in [4.78, 5) is 16.5. The van der Waals surface area contributed by atoms with Gasteiger partial charge in [0.15, 0.2) is 0 Å². The van der Waals surface area contributed by atoms with E-state index in [9.17, 15) is 9.90 Å². The number of carbonyl (C=O) groups is 1. The van der Waals surface area contributed by atoms with Crippen molar-refractivity contribution in [1.82, 2.24) is 15.1 Å². The highest BCUT2D eigenvalue weighted by Gasteiger charge is 2.31. The Labute approximate surface area is 144 Å². The van der Waals surface area contributed by atoms with Gasteiger partial charge in [0.25, 0.3) is 0 Å². The molecule has 0 radical (unpaired) electrons. The highest BCUT2D eigenvalue weighted by Crippen LogP contribution is 2.21. The van der Waals surface area contributed by atoms with Crippen LogP contribution in [-0.2, 0) is 6.54 Å². The molecule has 2 saturated heterocycles. The minimum Gasteiger partial charge on any atom is -0.388 e. The van der Waals surface area contributed by atoms with Crippen LogP contribution in [0.1, 0.15) is 31.7 Å². The molecule has 0 spiro atoms. The molecule has 0 aliphatic carbocycles. The third-order valence-electron chi connectivity index (χ3n) is 5.12. The molecule has 2 heterocycles. The summed E-state index contributed by atoms with van der Waals surface area (Å²) in [5.41, 5.74) is 0.604. The van der Waals surface area contributed by atoms with Crippen molar-refractivity contribution in [3.05, 3.63) is 35.9 Å². The maximum absolute atomic E-state index is 12.3. The monoisotopic (exact) mass is 331 g/mol. The van der Waals surface area contributed by atoms with Crippen molar-refractivity contribution in [3.8, 4) is 0 Å². The predicted octanol–water partition coefficient (Wildman–Crippen LogP) is 2.06. The number of nitrogens with zero attached hydrogens (tertiary/aromatic N) is 2. The standard InChI is InChI=1S/C19H29N3O2/c1-19(24)9-5-10-22(15-19)18(23)20-12-17-8-11-21(14-17)13-16-6-3-2-4-7-16/h2-4,6-7,17,24H,5,8-15H2,1H3,(H,20,23). The van der Waals surface area contributed by atoms with Gasteiger partial charge in [-0.2, -0.15) is 0 Å². The number of amides is 2. The number of piperidine rings is 1. The van der Waals surface area contributed by atoms with E-state index in [-0.39, 0.29) is 6.03 Å². The topological polar surface area (TPSA) is 55.8 Å². The van der Waals surface area contributed by atoms with Gasteiger partial charge in [0.2, 0.25) is 0 Å². The van der Waals surface area contributed by atoms with Crippen molar-refractivity contribution in [1.29, 1.82) is 0 Å². The Kier molecular flexibility index (Phi) is 5.41. The molecule has 1 aromatic carbocycles. The molecule has 132 valence electrons. The van der Waals surface area contributed by atoms with E-state index in [1.165, 1.54) is 5.56 Å². The SMILES string of the molecule is CC1(O)CCCN(C(=O)NCC2CCN(Cc3ccccc3)C2)C1. The summed E-state index contributed by atoms with van der Waals surface area (Å²) in [7, 11) is 0. The molecule has 1 aromatic rings. The van der Waals surface area contributed by atoms with Crippen LogP contribution in [0.3, 0.4) is 0 Å². The van der Waals surface area contributed by atoms with Crippen LogP contribution >= 0.6 is 0 Å². The lowest BCUT2D eigenvalue weighted by Gasteiger charge is -2.36. The molecule has 2 amide bonds. The summed E-state index contributed by atoms with van der Waals surface area (Å²) in [5.74, 6) is 0.517. The summed E-state index contributed by atoms with van der Waals surface area (Å²) in [6.45, 7) is 6.82. The second-order valence-electron chi connectivity index (χ2n) is 7.58. The van der Waals surface area contributed by atoms with E-state index in [2.05, 4.69) is 34.5 Å². The Balaban J connectivity index is 1.40. The lowest BCUT2D eigenvalue weighted by atomic mass is 9.95. The second kappa shape index (κ2) is 7.53. The average Bonchev–Trinajstić information content (AvgIpc) is 3.00. The predicted molar refractivity (Wildman–Crippen MR) is 94.7 cm³/mol. The summed E-state index contributed by atoms with van der Waals surface area (Å²) in [6, 6.07) is 10.5. The molecule has 3 rings (SSSR count). The Morgan fingerprint density at radius 1 is 1.33 bits per heavy atom. The van der Waals surface area contributed by atoms with Gasteiger partial charge >= 0.3 is 6.03 Å². The molecular weight excluding hydrogens is 302 g/mol. The smallest absolute Gasteiger partial charge is 0.317 e. The summed E-state index contributed by atoms with van der Waals surface area (Å²) in [6.07, 6.45) is 2.77. The largest absolute Gasteiger partial charge is 0.388 e. The Hall–Kier alpha value is -1.59. The number of nitrogens with one attached hydrogen (secondary N) is 1. The maximum Gasteiger partial charge on any atom is 0.317 e. The van der Waals surface area contributed by atoms with Gasteiger partial charge in [-0.15, -0.1) is 0 Å². The zero-order valence-electron chi connectivity index (χ0n) is 14.6. The molecule has 2 fully saturated rings. The molecule has 2 atom stereocenters. The number of hydrogen-bond acceptors (Lipinski definition) is 3. The molecule has 24 heavy (non-hydrogen) atoms. The number of urea groups is 1. The van der Waals surface area contributed by atoms with Gasteiger partial charge in [0.1, 0.15) is 0 Å². The first-order chi connectivity index (χ1) is 11.5. The summed E-state index contributed by atoms with van der Waals surface area (Å²) < 4.78 is 0. The Morgan fingerprint density at radius 2 is 2.12 bits per heavy atom. The maximum atomic E-state index is 12.3. The van der Waals surface area contributed by atoms with E-state index in [1.807, 2.05) is 13.0 Å². The van der Waals surface area contributed by atoms with Gasteiger partial charge in [-0.3, -0.25) is 4.90 Å². The number of carbonyl (C=O) groups excluding carboxylic acids is 1. The summed E-state index contributed by atoms with van der Waals surface area (Å²) >= 11 is 0. The van der Waals surface area contributed by atoms with E-state index in [0.717, 1.165) is 52.0 Å². The highest BCUT2D eigenvalue weighted by molar-refractivity contribution is 5.74. The van der Waals surface area contributed by atoms with E-state index < -0.39 is 5.60 Å². The first kappa shape index (κ1) is 17.2. The minimum absolute atomic E-state index is 0.0310. The highest BCUT2D eigenvalue weighted by atomic mass is 16.3. The molecular formula is C19H29N3O2. The fraction of sp³-hybridized carbons (Fsp3) is 0.632. The number of aliphatic hydroxyl groups is 1. The third-order valence-corrected chi connectivity index (χ3v) is 5.12. The number of hydrogen-bond donors (Lipinski definition) is 2. The molecule has 2 N–H and O–H groups in total.